The molecule has 0 saturated heterocycles. The molecule has 1 aromatic rings. The molecule has 0 fully saturated rings. The number of rotatable bonds is 11. The van der Waals surface area contributed by atoms with Crippen molar-refractivity contribution >= 4 is 34.3 Å². The van der Waals surface area contributed by atoms with Gasteiger partial charge in [0.25, 0.3) is 10.1 Å². The summed E-state index contributed by atoms with van der Waals surface area (Å²) in [7, 11) is -4.29. The third-order valence-electron chi connectivity index (χ3n) is 3.77. The second kappa shape index (κ2) is 11.5. The highest BCUT2D eigenvalue weighted by molar-refractivity contribution is 7.86. The Labute approximate surface area is 179 Å². The minimum absolute atomic E-state index is 0.113. The molecule has 1 rings (SSSR count). The van der Waals surface area contributed by atoms with Gasteiger partial charge in [-0.05, 0) is 19.1 Å². The molecule has 1 N–H and O–H groups in total. The van der Waals surface area contributed by atoms with E-state index in [4.69, 9.17) is 18.4 Å². The van der Waals surface area contributed by atoms with E-state index in [2.05, 4.69) is 0 Å². The van der Waals surface area contributed by atoms with Crippen LogP contribution in [0.2, 0.25) is 0 Å². The van der Waals surface area contributed by atoms with Crippen LogP contribution in [0.1, 0.15) is 26.3 Å². The molecule has 0 unspecified atom stereocenters. The van der Waals surface area contributed by atoms with E-state index in [1.807, 2.05) is 0 Å². The summed E-state index contributed by atoms with van der Waals surface area (Å²) >= 11 is 0. The number of aryl methyl sites for hydroxylation is 1. The smallest absolute Gasteiger partial charge is 0.303 e. The summed E-state index contributed by atoms with van der Waals surface area (Å²) in [5.41, 5.74) is 0.809. The number of aldehydes is 1. The fraction of sp³-hybridized carbons (Fsp3) is 0.474. The summed E-state index contributed by atoms with van der Waals surface area (Å²) in [6.45, 7) is 3.76. The number of esters is 3. The molecule has 0 aromatic heterocycles. The lowest BCUT2D eigenvalue weighted by Crippen LogP contribution is -2.52. The summed E-state index contributed by atoms with van der Waals surface area (Å²) in [5, 5.41) is 10.5. The van der Waals surface area contributed by atoms with Gasteiger partial charge in [0.2, 0.25) is 0 Å². The van der Waals surface area contributed by atoms with Crippen LogP contribution in [0.5, 0.6) is 0 Å². The minimum atomic E-state index is -4.29. The van der Waals surface area contributed by atoms with Gasteiger partial charge in [-0.3, -0.25) is 23.4 Å². The summed E-state index contributed by atoms with van der Waals surface area (Å²) in [6.07, 6.45) is -7.06. The maximum atomic E-state index is 12.3. The Hall–Kier alpha value is -2.83. The molecule has 0 spiro atoms. The zero-order valence-corrected chi connectivity index (χ0v) is 18.2. The Bertz CT molecular complexity index is 892. The average Bonchev–Trinajstić information content (AvgIpc) is 2.67. The number of carbonyl (C=O) groups excluding carboxylic acids is 4. The second-order valence-corrected chi connectivity index (χ2v) is 8.09. The highest BCUT2D eigenvalue weighted by Crippen LogP contribution is 2.19. The van der Waals surface area contributed by atoms with Crippen molar-refractivity contribution in [2.24, 2.45) is 0 Å². The fourth-order valence-corrected chi connectivity index (χ4v) is 3.38. The zero-order chi connectivity index (χ0) is 23.8. The van der Waals surface area contributed by atoms with Gasteiger partial charge in [-0.2, -0.15) is 8.42 Å². The maximum absolute atomic E-state index is 12.3. The molecule has 4 atom stereocenters. The van der Waals surface area contributed by atoms with Crippen LogP contribution in [0.15, 0.2) is 29.2 Å². The first-order valence-corrected chi connectivity index (χ1v) is 10.4. The van der Waals surface area contributed by atoms with Gasteiger partial charge in [0, 0.05) is 20.8 Å². The molecule has 1 aromatic carbocycles. The van der Waals surface area contributed by atoms with Crippen molar-refractivity contribution in [1.82, 2.24) is 0 Å². The van der Waals surface area contributed by atoms with Gasteiger partial charge in [-0.1, -0.05) is 17.7 Å². The van der Waals surface area contributed by atoms with Crippen LogP contribution in [-0.4, -0.2) is 68.7 Å². The first-order chi connectivity index (χ1) is 14.4. The van der Waals surface area contributed by atoms with Crippen molar-refractivity contribution in [3.8, 4) is 0 Å². The molecule has 0 aliphatic rings. The molecule has 0 heterocycles. The van der Waals surface area contributed by atoms with Gasteiger partial charge in [-0.15, -0.1) is 0 Å². The molecule has 12 heteroatoms. The van der Waals surface area contributed by atoms with Gasteiger partial charge >= 0.3 is 17.9 Å². The highest BCUT2D eigenvalue weighted by atomic mass is 32.2. The Morgan fingerprint density at radius 1 is 0.935 bits per heavy atom. The van der Waals surface area contributed by atoms with Crippen LogP contribution in [0.4, 0.5) is 0 Å². The van der Waals surface area contributed by atoms with E-state index in [-0.39, 0.29) is 11.2 Å². The van der Waals surface area contributed by atoms with E-state index in [1.165, 1.54) is 12.1 Å². The van der Waals surface area contributed by atoms with E-state index in [9.17, 15) is 32.7 Å². The molecule has 0 saturated carbocycles. The Morgan fingerprint density at radius 3 is 1.87 bits per heavy atom. The predicted octanol–water partition coefficient (Wildman–Crippen LogP) is 0.0552. The van der Waals surface area contributed by atoms with E-state index >= 15 is 0 Å². The van der Waals surface area contributed by atoms with Crippen LogP contribution < -0.4 is 0 Å². The summed E-state index contributed by atoms with van der Waals surface area (Å²) < 4.78 is 44.1. The molecule has 0 aliphatic heterocycles. The summed E-state index contributed by atoms with van der Waals surface area (Å²) in [4.78, 5) is 45.4. The molecule has 31 heavy (non-hydrogen) atoms. The minimum Gasteiger partial charge on any atom is -0.456 e. The number of hydrogen-bond donors (Lipinski definition) is 1. The maximum Gasteiger partial charge on any atom is 0.303 e. The molecule has 0 amide bonds. The van der Waals surface area contributed by atoms with E-state index < -0.39 is 59.0 Å². The van der Waals surface area contributed by atoms with Crippen molar-refractivity contribution in [3.63, 3.8) is 0 Å². The predicted molar refractivity (Wildman–Crippen MR) is 103 cm³/mol. The quantitative estimate of drug-likeness (QED) is 0.206. The zero-order valence-electron chi connectivity index (χ0n) is 17.3. The van der Waals surface area contributed by atoms with Gasteiger partial charge in [0.15, 0.2) is 24.6 Å². The number of carbonyl (C=O) groups is 4. The molecular formula is C19H24O11S. The topological polar surface area (TPSA) is 160 Å². The second-order valence-electron chi connectivity index (χ2n) is 6.48. The van der Waals surface area contributed by atoms with E-state index in [0.29, 0.717) is 0 Å². The number of aliphatic hydroxyl groups is 1. The van der Waals surface area contributed by atoms with Gasteiger partial charge in [0.05, 0.1) is 11.5 Å². The Kier molecular flexibility index (Phi) is 9.75. The van der Waals surface area contributed by atoms with Crippen LogP contribution in [0, 0.1) is 6.92 Å². The van der Waals surface area contributed by atoms with Crippen LogP contribution in [-0.2, 0) is 47.7 Å². The van der Waals surface area contributed by atoms with E-state index in [0.717, 1.165) is 26.3 Å². The summed E-state index contributed by atoms with van der Waals surface area (Å²) in [5.74, 6) is -2.81. The first kappa shape index (κ1) is 26.2. The van der Waals surface area contributed by atoms with Gasteiger partial charge in [-0.25, -0.2) is 0 Å². The van der Waals surface area contributed by atoms with Crippen LogP contribution in [0.25, 0.3) is 0 Å². The molecule has 172 valence electrons. The normalized spacial score (nSPS) is 15.1. The number of aliphatic hydroxyl groups excluding tert-OH is 1. The molecule has 0 aliphatic carbocycles. The van der Waals surface area contributed by atoms with E-state index in [1.54, 1.807) is 19.1 Å². The number of hydrogen-bond acceptors (Lipinski definition) is 11. The van der Waals surface area contributed by atoms with Crippen molar-refractivity contribution in [1.29, 1.82) is 0 Å². The lowest BCUT2D eigenvalue weighted by atomic mass is 10.0. The van der Waals surface area contributed by atoms with Crippen LogP contribution >= 0.6 is 0 Å². The van der Waals surface area contributed by atoms with Crippen molar-refractivity contribution in [3.05, 3.63) is 29.8 Å². The average molecular weight is 460 g/mol. The first-order valence-electron chi connectivity index (χ1n) is 8.98. The van der Waals surface area contributed by atoms with Gasteiger partial charge < -0.3 is 19.3 Å². The van der Waals surface area contributed by atoms with Crippen molar-refractivity contribution in [2.75, 3.05) is 6.61 Å². The molecule has 0 bridgehead atoms. The Morgan fingerprint density at radius 2 is 1.42 bits per heavy atom. The SMILES string of the molecule is CC(=O)O[C@@H]([C@H](OC(C)=O)[C@H](C=O)OC(C)=O)[C@H](O)COS(=O)(=O)c1ccc(C)cc1. The van der Waals surface area contributed by atoms with Crippen LogP contribution in [0.3, 0.4) is 0 Å². The fourth-order valence-electron chi connectivity index (χ4n) is 2.46. The third kappa shape index (κ3) is 8.44. The summed E-state index contributed by atoms with van der Waals surface area (Å²) in [6, 6.07) is 5.68. The largest absolute Gasteiger partial charge is 0.456 e. The lowest BCUT2D eigenvalue weighted by Gasteiger charge is -2.32. The third-order valence-corrected chi connectivity index (χ3v) is 5.07. The molecular weight excluding hydrogens is 436 g/mol. The lowest BCUT2D eigenvalue weighted by molar-refractivity contribution is -0.193. The Balaban J connectivity index is 3.13. The highest BCUT2D eigenvalue weighted by Gasteiger charge is 2.41. The van der Waals surface area contributed by atoms with Crippen molar-refractivity contribution in [2.45, 2.75) is 57.0 Å². The molecule has 11 nitrogen and oxygen atoms in total. The number of ether oxygens (including phenoxy) is 3. The monoisotopic (exact) mass is 460 g/mol. The van der Waals surface area contributed by atoms with Crippen molar-refractivity contribution < 1.29 is 51.1 Å². The number of benzene rings is 1. The standard InChI is InChI=1S/C19H24O11S/c1-11-5-7-15(8-6-11)31(25,26)27-10-16(24)18(29-13(3)22)19(30-14(4)23)17(9-20)28-12(2)21/h5-9,16-19,24H,10H2,1-4H3/t16-,17+,18-,19-/m1/s1. The van der Waals surface area contributed by atoms with Gasteiger partial charge in [0.1, 0.15) is 6.10 Å². The molecule has 0 radical (unpaired) electrons.